The number of hydrogen-bond acceptors (Lipinski definition) is 2. The summed E-state index contributed by atoms with van der Waals surface area (Å²) in [5.41, 5.74) is 2.18. The molecule has 0 saturated heterocycles. The molecule has 0 amide bonds. The van der Waals surface area contributed by atoms with Crippen molar-refractivity contribution in [3.8, 4) is 0 Å². The first-order valence-corrected chi connectivity index (χ1v) is 6.36. The van der Waals surface area contributed by atoms with Gasteiger partial charge in [-0.25, -0.2) is 4.79 Å². The van der Waals surface area contributed by atoms with E-state index in [4.69, 9.17) is 0 Å². The number of esters is 1. The first-order valence-electron chi connectivity index (χ1n) is 6.36. The highest BCUT2D eigenvalue weighted by molar-refractivity contribution is 5.87. The summed E-state index contributed by atoms with van der Waals surface area (Å²) >= 11 is 0. The molecule has 0 aromatic carbocycles. The molecular formula is C16H32O2. The second-order valence-corrected chi connectivity index (χ2v) is 4.06. The van der Waals surface area contributed by atoms with Crippen LogP contribution in [0, 0.1) is 0 Å². The van der Waals surface area contributed by atoms with Gasteiger partial charge in [0.05, 0.1) is 7.11 Å². The van der Waals surface area contributed by atoms with E-state index in [9.17, 15) is 4.79 Å². The minimum absolute atomic E-state index is 0. The van der Waals surface area contributed by atoms with E-state index in [1.807, 2.05) is 0 Å². The Morgan fingerprint density at radius 1 is 1.11 bits per heavy atom. The molecule has 0 bridgehead atoms. The zero-order valence-electron chi connectivity index (χ0n) is 12.3. The minimum atomic E-state index is -0.257. The minimum Gasteiger partial charge on any atom is -0.466 e. The van der Waals surface area contributed by atoms with Crippen LogP contribution in [0.5, 0.6) is 0 Å². The summed E-state index contributed by atoms with van der Waals surface area (Å²) < 4.78 is 4.40. The predicted octanol–water partition coefficient (Wildman–Crippen LogP) is 5.29. The number of hydrogen-bond donors (Lipinski definition) is 0. The van der Waals surface area contributed by atoms with Gasteiger partial charge in [-0.1, -0.05) is 44.9 Å². The van der Waals surface area contributed by atoms with Crippen molar-refractivity contribution in [1.82, 2.24) is 0 Å². The van der Waals surface area contributed by atoms with Gasteiger partial charge in [0.25, 0.3) is 0 Å². The maximum absolute atomic E-state index is 10.5. The fourth-order valence-corrected chi connectivity index (χ4v) is 1.08. The van der Waals surface area contributed by atoms with Crippen LogP contribution in [-0.2, 0) is 9.53 Å². The van der Waals surface area contributed by atoms with Gasteiger partial charge in [-0.2, -0.15) is 0 Å². The zero-order chi connectivity index (χ0) is 13.7. The highest BCUT2D eigenvalue weighted by Gasteiger charge is 1.98. The van der Waals surface area contributed by atoms with Gasteiger partial charge < -0.3 is 4.74 Å². The van der Waals surface area contributed by atoms with Crippen molar-refractivity contribution in [1.29, 1.82) is 0 Å². The number of carbonyl (C=O) groups excluding carboxylic acids is 1. The Morgan fingerprint density at radius 3 is 1.94 bits per heavy atom. The SMILES string of the molecule is C.C/C=C(/C)CCCCC.C/C=C(\C)C(=O)OC. The zero-order valence-corrected chi connectivity index (χ0v) is 12.3. The fraction of sp³-hybridized carbons (Fsp3) is 0.688. The van der Waals surface area contributed by atoms with Crippen molar-refractivity contribution in [3.63, 3.8) is 0 Å². The van der Waals surface area contributed by atoms with E-state index in [0.717, 1.165) is 0 Å². The monoisotopic (exact) mass is 256 g/mol. The van der Waals surface area contributed by atoms with Crippen LogP contribution in [0.2, 0.25) is 0 Å². The fourth-order valence-electron chi connectivity index (χ4n) is 1.08. The van der Waals surface area contributed by atoms with Crippen molar-refractivity contribution in [3.05, 3.63) is 23.3 Å². The molecule has 108 valence electrons. The lowest BCUT2D eigenvalue weighted by Gasteiger charge is -1.96. The summed E-state index contributed by atoms with van der Waals surface area (Å²) in [5.74, 6) is -0.257. The molecule has 0 spiro atoms. The van der Waals surface area contributed by atoms with Gasteiger partial charge in [-0.05, 0) is 40.5 Å². The molecule has 0 rings (SSSR count). The Morgan fingerprint density at radius 2 is 1.67 bits per heavy atom. The Kier molecular flexibility index (Phi) is 19.6. The third-order valence-corrected chi connectivity index (χ3v) is 2.61. The van der Waals surface area contributed by atoms with Crippen molar-refractivity contribution >= 4 is 5.97 Å². The molecule has 0 fully saturated rings. The number of allylic oxidation sites excluding steroid dienone is 3. The third-order valence-electron chi connectivity index (χ3n) is 2.61. The van der Waals surface area contributed by atoms with Crippen LogP contribution in [0.4, 0.5) is 0 Å². The molecule has 0 heterocycles. The average Bonchev–Trinajstić information content (AvgIpc) is 2.37. The molecule has 0 saturated carbocycles. The maximum Gasteiger partial charge on any atom is 0.333 e. The van der Waals surface area contributed by atoms with Crippen LogP contribution < -0.4 is 0 Å². The molecule has 0 aromatic heterocycles. The Hall–Kier alpha value is -1.05. The van der Waals surface area contributed by atoms with Crippen LogP contribution in [0.1, 0.15) is 67.7 Å². The number of unbranched alkanes of at least 4 members (excludes halogenated alkanes) is 2. The summed E-state index contributed by atoms with van der Waals surface area (Å²) in [6.07, 6.45) is 9.29. The van der Waals surface area contributed by atoms with E-state index in [-0.39, 0.29) is 13.4 Å². The summed E-state index contributed by atoms with van der Waals surface area (Å²) in [4.78, 5) is 10.5. The second kappa shape index (κ2) is 16.0. The van der Waals surface area contributed by atoms with Crippen molar-refractivity contribution < 1.29 is 9.53 Å². The topological polar surface area (TPSA) is 26.3 Å². The standard InChI is InChI=1S/C9H18.C6H10O2.CH4/c1-4-6-7-8-9(3)5-2;1-4-5(2)6(7)8-3;/h5H,4,6-8H2,1-3H3;4H,1-3H3;1H4/b9-5-;5-4+;. The van der Waals surface area contributed by atoms with Crippen molar-refractivity contribution in [2.24, 2.45) is 0 Å². The van der Waals surface area contributed by atoms with E-state index in [2.05, 4.69) is 31.6 Å². The second-order valence-electron chi connectivity index (χ2n) is 4.06. The van der Waals surface area contributed by atoms with Gasteiger partial charge >= 0.3 is 5.97 Å². The van der Waals surface area contributed by atoms with Gasteiger partial charge in [0.2, 0.25) is 0 Å². The third kappa shape index (κ3) is 14.9. The van der Waals surface area contributed by atoms with E-state index in [1.54, 1.807) is 19.9 Å². The molecule has 2 heteroatoms. The van der Waals surface area contributed by atoms with E-state index in [1.165, 1.54) is 38.4 Å². The van der Waals surface area contributed by atoms with Gasteiger partial charge in [-0.15, -0.1) is 0 Å². The van der Waals surface area contributed by atoms with Crippen LogP contribution in [0.15, 0.2) is 23.3 Å². The van der Waals surface area contributed by atoms with Crippen LogP contribution in [0.25, 0.3) is 0 Å². The smallest absolute Gasteiger partial charge is 0.333 e. The summed E-state index contributed by atoms with van der Waals surface area (Å²) in [5, 5.41) is 0. The lowest BCUT2D eigenvalue weighted by molar-refractivity contribution is -0.136. The number of carbonyl (C=O) groups is 1. The maximum atomic E-state index is 10.5. The average molecular weight is 256 g/mol. The number of rotatable bonds is 5. The lowest BCUT2D eigenvalue weighted by Crippen LogP contribution is -2.00. The molecule has 2 nitrogen and oxygen atoms in total. The Labute approximate surface area is 114 Å². The van der Waals surface area contributed by atoms with E-state index in [0.29, 0.717) is 5.57 Å². The largest absolute Gasteiger partial charge is 0.466 e. The number of ether oxygens (including phenoxy) is 1. The molecule has 0 aliphatic rings. The van der Waals surface area contributed by atoms with Crippen LogP contribution >= 0.6 is 0 Å². The van der Waals surface area contributed by atoms with E-state index < -0.39 is 0 Å². The quantitative estimate of drug-likeness (QED) is 0.289. The molecule has 0 radical (unpaired) electrons. The highest BCUT2D eigenvalue weighted by atomic mass is 16.5. The first-order chi connectivity index (χ1) is 8.03. The van der Waals surface area contributed by atoms with Gasteiger partial charge in [0, 0.05) is 5.57 Å². The number of methoxy groups -OCH3 is 1. The molecule has 18 heavy (non-hydrogen) atoms. The molecular weight excluding hydrogens is 224 g/mol. The van der Waals surface area contributed by atoms with Crippen molar-refractivity contribution in [2.75, 3.05) is 7.11 Å². The highest BCUT2D eigenvalue weighted by Crippen LogP contribution is 2.06. The lowest BCUT2D eigenvalue weighted by atomic mass is 10.1. The first kappa shape index (κ1) is 22.2. The summed E-state index contributed by atoms with van der Waals surface area (Å²) in [6.45, 7) is 10.1. The van der Waals surface area contributed by atoms with Crippen molar-refractivity contribution in [2.45, 2.75) is 67.7 Å². The molecule has 0 aliphatic carbocycles. The molecule has 0 N–H and O–H groups in total. The van der Waals surface area contributed by atoms with Crippen LogP contribution in [0.3, 0.4) is 0 Å². The molecule has 0 atom stereocenters. The summed E-state index contributed by atoms with van der Waals surface area (Å²) in [7, 11) is 1.37. The van der Waals surface area contributed by atoms with Gasteiger partial charge in [0.15, 0.2) is 0 Å². The Balaban J connectivity index is -0.000000238. The van der Waals surface area contributed by atoms with Gasteiger partial charge in [0.1, 0.15) is 0 Å². The molecule has 0 unspecified atom stereocenters. The van der Waals surface area contributed by atoms with Gasteiger partial charge in [-0.3, -0.25) is 0 Å². The van der Waals surface area contributed by atoms with E-state index >= 15 is 0 Å². The Bertz CT molecular complexity index is 250. The molecule has 0 aromatic rings. The van der Waals surface area contributed by atoms with Crippen LogP contribution in [-0.4, -0.2) is 13.1 Å². The normalized spacial score (nSPS) is 11.0. The predicted molar refractivity (Wildman–Crippen MR) is 81.8 cm³/mol. The molecule has 0 aliphatic heterocycles. The summed E-state index contributed by atoms with van der Waals surface area (Å²) in [6, 6.07) is 0.